The van der Waals surface area contributed by atoms with Crippen molar-refractivity contribution in [2.24, 2.45) is 0 Å². The van der Waals surface area contributed by atoms with Crippen molar-refractivity contribution < 1.29 is 9.53 Å². The van der Waals surface area contributed by atoms with E-state index in [2.05, 4.69) is 15.5 Å². The Labute approximate surface area is 121 Å². The Morgan fingerprint density at radius 3 is 2.85 bits per heavy atom. The maximum Gasteiger partial charge on any atom is 0.319 e. The second-order valence-corrected chi connectivity index (χ2v) is 5.44. The Hall–Kier alpha value is -1.89. The molecule has 20 heavy (non-hydrogen) atoms. The van der Waals surface area contributed by atoms with Gasteiger partial charge in [-0.25, -0.2) is 0 Å². The number of ether oxygens (including phenoxy) is 1. The molecule has 7 heteroatoms. The number of para-hydroxylation sites is 1. The molecule has 0 fully saturated rings. The van der Waals surface area contributed by atoms with Crippen LogP contribution in [-0.2, 0) is 9.53 Å². The minimum absolute atomic E-state index is 0.250. The van der Waals surface area contributed by atoms with E-state index >= 15 is 0 Å². The lowest BCUT2D eigenvalue weighted by Crippen LogP contribution is -2.18. The monoisotopic (exact) mass is 292 g/mol. The molecule has 1 unspecified atom stereocenters. The molecular weight excluding hydrogens is 276 g/mol. The molecule has 0 saturated heterocycles. The number of esters is 1. The maximum absolute atomic E-state index is 11.8. The van der Waals surface area contributed by atoms with Gasteiger partial charge in [-0.2, -0.15) is 4.68 Å². The van der Waals surface area contributed by atoms with Gasteiger partial charge in [0.15, 0.2) is 0 Å². The normalized spacial score (nSPS) is 12.1. The molecule has 2 rings (SSSR count). The average molecular weight is 292 g/mol. The number of hydrogen-bond donors (Lipinski definition) is 0. The summed E-state index contributed by atoms with van der Waals surface area (Å²) in [6, 6.07) is 9.54. The summed E-state index contributed by atoms with van der Waals surface area (Å²) in [4.78, 5) is 11.8. The van der Waals surface area contributed by atoms with Crippen LogP contribution in [0.25, 0.3) is 5.69 Å². The molecule has 1 aromatic carbocycles. The van der Waals surface area contributed by atoms with Gasteiger partial charge in [-0.3, -0.25) is 4.79 Å². The average Bonchev–Trinajstić information content (AvgIpc) is 2.93. The van der Waals surface area contributed by atoms with Crippen molar-refractivity contribution in [3.8, 4) is 5.69 Å². The van der Waals surface area contributed by atoms with Crippen molar-refractivity contribution in [1.82, 2.24) is 20.2 Å². The van der Waals surface area contributed by atoms with Crippen molar-refractivity contribution in [1.29, 1.82) is 0 Å². The van der Waals surface area contributed by atoms with E-state index in [0.29, 0.717) is 11.8 Å². The zero-order chi connectivity index (χ0) is 14.4. The minimum Gasteiger partial charge on any atom is -0.465 e. The zero-order valence-electron chi connectivity index (χ0n) is 11.4. The van der Waals surface area contributed by atoms with E-state index in [9.17, 15) is 4.79 Å². The number of carbonyl (C=O) groups is 1. The highest BCUT2D eigenvalue weighted by Gasteiger charge is 2.20. The smallest absolute Gasteiger partial charge is 0.319 e. The second-order valence-electron chi connectivity index (χ2n) is 4.14. The Morgan fingerprint density at radius 2 is 2.15 bits per heavy atom. The van der Waals surface area contributed by atoms with Crippen molar-refractivity contribution in [2.45, 2.75) is 30.7 Å². The number of thioether (sulfide) groups is 1. The van der Waals surface area contributed by atoms with Crippen LogP contribution in [0.15, 0.2) is 35.5 Å². The van der Waals surface area contributed by atoms with E-state index in [0.717, 1.165) is 12.1 Å². The van der Waals surface area contributed by atoms with E-state index in [-0.39, 0.29) is 11.2 Å². The van der Waals surface area contributed by atoms with Crippen molar-refractivity contribution >= 4 is 17.7 Å². The molecule has 0 saturated carbocycles. The number of benzene rings is 1. The highest BCUT2D eigenvalue weighted by molar-refractivity contribution is 8.00. The first-order valence-corrected chi connectivity index (χ1v) is 7.27. The zero-order valence-corrected chi connectivity index (χ0v) is 12.2. The van der Waals surface area contributed by atoms with Crippen LogP contribution in [0, 0.1) is 0 Å². The van der Waals surface area contributed by atoms with Gasteiger partial charge in [0.1, 0.15) is 5.25 Å². The van der Waals surface area contributed by atoms with Crippen molar-refractivity contribution in [3.63, 3.8) is 0 Å². The van der Waals surface area contributed by atoms with Crippen LogP contribution in [-0.4, -0.2) is 38.0 Å². The van der Waals surface area contributed by atoms with Gasteiger partial charge >= 0.3 is 5.97 Å². The van der Waals surface area contributed by atoms with Gasteiger partial charge in [0.25, 0.3) is 0 Å². The molecule has 0 N–H and O–H groups in total. The molecule has 0 aliphatic rings. The van der Waals surface area contributed by atoms with Gasteiger partial charge in [0, 0.05) is 0 Å². The number of rotatable bonds is 6. The molecule has 0 aliphatic heterocycles. The third kappa shape index (κ3) is 3.57. The van der Waals surface area contributed by atoms with Gasteiger partial charge in [-0.05, 0) is 35.9 Å². The summed E-state index contributed by atoms with van der Waals surface area (Å²) in [5, 5.41) is 11.8. The van der Waals surface area contributed by atoms with Crippen LogP contribution in [0.3, 0.4) is 0 Å². The fourth-order valence-corrected chi connectivity index (χ4v) is 2.32. The van der Waals surface area contributed by atoms with Gasteiger partial charge in [0.2, 0.25) is 5.16 Å². The van der Waals surface area contributed by atoms with Crippen LogP contribution in [0.1, 0.15) is 20.3 Å². The molecule has 0 spiro atoms. The minimum atomic E-state index is -0.352. The molecule has 0 amide bonds. The largest absolute Gasteiger partial charge is 0.465 e. The summed E-state index contributed by atoms with van der Waals surface area (Å²) in [5.74, 6) is -0.250. The number of nitrogens with zero attached hydrogens (tertiary/aromatic N) is 4. The molecular formula is C13H16N4O2S. The van der Waals surface area contributed by atoms with Crippen LogP contribution in [0.5, 0.6) is 0 Å². The van der Waals surface area contributed by atoms with E-state index < -0.39 is 0 Å². The fourth-order valence-electron chi connectivity index (χ4n) is 1.51. The highest BCUT2D eigenvalue weighted by atomic mass is 32.2. The lowest BCUT2D eigenvalue weighted by molar-refractivity contribution is -0.142. The highest BCUT2D eigenvalue weighted by Crippen LogP contribution is 2.23. The first-order valence-electron chi connectivity index (χ1n) is 6.39. The topological polar surface area (TPSA) is 69.9 Å². The molecule has 6 nitrogen and oxygen atoms in total. The Bertz CT molecular complexity index is 559. The van der Waals surface area contributed by atoms with E-state index in [4.69, 9.17) is 4.74 Å². The fraction of sp³-hybridized carbons (Fsp3) is 0.385. The molecule has 2 aromatic rings. The Balaban J connectivity index is 2.08. The molecule has 106 valence electrons. The number of carbonyl (C=O) groups excluding carboxylic acids is 1. The molecule has 1 heterocycles. The molecule has 0 radical (unpaired) electrons. The van der Waals surface area contributed by atoms with Crippen LogP contribution in [0.2, 0.25) is 0 Å². The van der Waals surface area contributed by atoms with Gasteiger partial charge in [0.05, 0.1) is 12.3 Å². The van der Waals surface area contributed by atoms with E-state index in [1.165, 1.54) is 11.8 Å². The lowest BCUT2D eigenvalue weighted by Gasteiger charge is -2.10. The molecule has 1 atom stereocenters. The van der Waals surface area contributed by atoms with Crippen LogP contribution < -0.4 is 0 Å². The number of hydrogen-bond acceptors (Lipinski definition) is 6. The van der Waals surface area contributed by atoms with Crippen molar-refractivity contribution in [2.75, 3.05) is 6.61 Å². The second kappa shape index (κ2) is 7.04. The molecule has 0 bridgehead atoms. The van der Waals surface area contributed by atoms with Crippen LogP contribution >= 0.6 is 11.8 Å². The van der Waals surface area contributed by atoms with Crippen molar-refractivity contribution in [3.05, 3.63) is 30.3 Å². The Kier molecular flexibility index (Phi) is 5.11. The maximum atomic E-state index is 11.8. The Morgan fingerprint density at radius 1 is 1.40 bits per heavy atom. The summed E-state index contributed by atoms with van der Waals surface area (Å²) in [6.07, 6.45) is 0.810. The van der Waals surface area contributed by atoms with Crippen LogP contribution in [0.4, 0.5) is 0 Å². The first kappa shape index (κ1) is 14.5. The number of tetrazole rings is 1. The standard InChI is InChI=1S/C13H16N4O2S/c1-3-9-19-12(18)10(2)20-13-14-15-16-17(13)11-7-5-4-6-8-11/h4-8,10H,3,9H2,1-2H3. The summed E-state index contributed by atoms with van der Waals surface area (Å²) in [5.41, 5.74) is 0.856. The lowest BCUT2D eigenvalue weighted by atomic mass is 10.3. The third-order valence-corrected chi connectivity index (χ3v) is 3.52. The molecule has 1 aromatic heterocycles. The quantitative estimate of drug-likeness (QED) is 0.600. The van der Waals surface area contributed by atoms with Gasteiger partial charge in [-0.1, -0.05) is 36.9 Å². The predicted molar refractivity (Wildman–Crippen MR) is 75.7 cm³/mol. The summed E-state index contributed by atoms with van der Waals surface area (Å²) < 4.78 is 6.72. The van der Waals surface area contributed by atoms with E-state index in [1.807, 2.05) is 37.3 Å². The number of aromatic nitrogens is 4. The van der Waals surface area contributed by atoms with Gasteiger partial charge < -0.3 is 4.74 Å². The van der Waals surface area contributed by atoms with Gasteiger partial charge in [-0.15, -0.1) is 5.10 Å². The summed E-state index contributed by atoms with van der Waals surface area (Å²) >= 11 is 1.28. The summed E-state index contributed by atoms with van der Waals surface area (Å²) in [7, 11) is 0. The predicted octanol–water partition coefficient (Wildman–Crippen LogP) is 2.10. The molecule has 0 aliphatic carbocycles. The first-order chi connectivity index (χ1) is 9.72. The SMILES string of the molecule is CCCOC(=O)C(C)Sc1nnnn1-c1ccccc1. The summed E-state index contributed by atoms with van der Waals surface area (Å²) in [6.45, 7) is 4.18. The van der Waals surface area contributed by atoms with E-state index in [1.54, 1.807) is 11.6 Å². The third-order valence-electron chi connectivity index (χ3n) is 2.50.